The molecule has 0 bridgehead atoms. The van der Waals surface area contributed by atoms with Crippen LogP contribution in [0.3, 0.4) is 0 Å². The fraction of sp³-hybridized carbons (Fsp3) is 0.625. The lowest BCUT2D eigenvalue weighted by atomic mass is 10.0. The third kappa shape index (κ3) is 2.59. The van der Waals surface area contributed by atoms with Crippen LogP contribution in [0.2, 0.25) is 0 Å². The first-order valence-electron chi connectivity index (χ1n) is 7.01. The lowest BCUT2D eigenvalue weighted by Gasteiger charge is -2.13. The van der Waals surface area contributed by atoms with Crippen molar-refractivity contribution in [1.29, 1.82) is 0 Å². The summed E-state index contributed by atoms with van der Waals surface area (Å²) in [6, 6.07) is 3.25. The van der Waals surface area contributed by atoms with Crippen LogP contribution < -0.4 is 5.32 Å². The Morgan fingerprint density at radius 2 is 1.80 bits per heavy atom. The molecule has 0 spiro atoms. The molecular formula is C16H23F2NO. The molecule has 0 saturated heterocycles. The lowest BCUT2D eigenvalue weighted by molar-refractivity contribution is 0.169. The van der Waals surface area contributed by atoms with Gasteiger partial charge in [-0.2, -0.15) is 0 Å². The van der Waals surface area contributed by atoms with E-state index in [9.17, 15) is 13.9 Å². The normalized spacial score (nSPS) is 21.8. The SMILES string of the molecule is CC1(C)C(CNCC(O)c2ccc(F)cc2F)C1(C)C. The van der Waals surface area contributed by atoms with Crippen molar-refractivity contribution < 1.29 is 13.9 Å². The van der Waals surface area contributed by atoms with Crippen molar-refractivity contribution in [3.05, 3.63) is 35.4 Å². The van der Waals surface area contributed by atoms with Crippen molar-refractivity contribution in [2.45, 2.75) is 33.8 Å². The highest BCUT2D eigenvalue weighted by Gasteiger charge is 2.63. The zero-order valence-corrected chi connectivity index (χ0v) is 12.5. The van der Waals surface area contributed by atoms with E-state index in [4.69, 9.17) is 0 Å². The first-order valence-corrected chi connectivity index (χ1v) is 7.01. The minimum absolute atomic E-state index is 0.133. The number of hydrogen-bond donors (Lipinski definition) is 2. The van der Waals surface area contributed by atoms with Crippen LogP contribution in [-0.2, 0) is 0 Å². The number of nitrogens with one attached hydrogen (secondary N) is 1. The maximum absolute atomic E-state index is 13.5. The van der Waals surface area contributed by atoms with Gasteiger partial charge in [-0.1, -0.05) is 33.8 Å². The van der Waals surface area contributed by atoms with Crippen molar-refractivity contribution in [3.63, 3.8) is 0 Å². The smallest absolute Gasteiger partial charge is 0.131 e. The molecule has 1 aromatic rings. The van der Waals surface area contributed by atoms with Gasteiger partial charge in [0.2, 0.25) is 0 Å². The third-order valence-electron chi connectivity index (χ3n) is 5.33. The Bertz CT molecular complexity index is 485. The summed E-state index contributed by atoms with van der Waals surface area (Å²) in [6.07, 6.45) is -0.958. The third-order valence-corrected chi connectivity index (χ3v) is 5.33. The average Bonchev–Trinajstić information content (AvgIpc) is 2.71. The first-order chi connectivity index (χ1) is 9.18. The highest BCUT2D eigenvalue weighted by atomic mass is 19.1. The maximum Gasteiger partial charge on any atom is 0.131 e. The van der Waals surface area contributed by atoms with Crippen LogP contribution in [0.25, 0.3) is 0 Å². The Morgan fingerprint density at radius 1 is 1.20 bits per heavy atom. The molecule has 0 heterocycles. The highest BCUT2D eigenvalue weighted by Crippen LogP contribution is 2.67. The molecule has 1 fully saturated rings. The summed E-state index contributed by atoms with van der Waals surface area (Å²) < 4.78 is 26.3. The van der Waals surface area contributed by atoms with Gasteiger partial charge >= 0.3 is 0 Å². The lowest BCUT2D eigenvalue weighted by Crippen LogP contribution is -2.25. The van der Waals surface area contributed by atoms with E-state index in [1.807, 2.05) is 0 Å². The predicted molar refractivity (Wildman–Crippen MR) is 75.2 cm³/mol. The summed E-state index contributed by atoms with van der Waals surface area (Å²) in [5.41, 5.74) is 0.700. The Morgan fingerprint density at radius 3 is 2.30 bits per heavy atom. The van der Waals surface area contributed by atoms with E-state index in [0.29, 0.717) is 5.92 Å². The quantitative estimate of drug-likeness (QED) is 0.869. The molecule has 1 saturated carbocycles. The topological polar surface area (TPSA) is 32.3 Å². The highest BCUT2D eigenvalue weighted by molar-refractivity contribution is 5.21. The molecule has 2 rings (SSSR count). The molecule has 1 aromatic carbocycles. The van der Waals surface area contributed by atoms with E-state index in [1.54, 1.807) is 0 Å². The van der Waals surface area contributed by atoms with E-state index in [2.05, 4.69) is 33.0 Å². The molecule has 1 atom stereocenters. The van der Waals surface area contributed by atoms with Gasteiger partial charge in [-0.15, -0.1) is 0 Å². The van der Waals surface area contributed by atoms with Gasteiger partial charge in [0.15, 0.2) is 0 Å². The van der Waals surface area contributed by atoms with Gasteiger partial charge < -0.3 is 10.4 Å². The molecule has 2 N–H and O–H groups in total. The number of hydrogen-bond acceptors (Lipinski definition) is 2. The molecule has 1 unspecified atom stereocenters. The monoisotopic (exact) mass is 283 g/mol. The summed E-state index contributed by atoms with van der Waals surface area (Å²) in [7, 11) is 0. The van der Waals surface area contributed by atoms with Crippen LogP contribution in [0, 0.1) is 28.4 Å². The molecule has 0 aromatic heterocycles. The summed E-state index contributed by atoms with van der Waals surface area (Å²) in [6.45, 7) is 9.99. The summed E-state index contributed by atoms with van der Waals surface area (Å²) >= 11 is 0. The summed E-state index contributed by atoms with van der Waals surface area (Å²) in [4.78, 5) is 0. The fourth-order valence-corrected chi connectivity index (χ4v) is 3.09. The second-order valence-electron chi connectivity index (χ2n) is 6.84. The standard InChI is InChI=1S/C16H23F2NO/c1-15(2)14(16(15,3)4)9-19-8-13(20)11-6-5-10(17)7-12(11)18/h5-7,13-14,19-20H,8-9H2,1-4H3. The second kappa shape index (κ2) is 5.08. The molecule has 1 aliphatic carbocycles. The minimum Gasteiger partial charge on any atom is -0.387 e. The number of benzene rings is 1. The van der Waals surface area contributed by atoms with Crippen LogP contribution in [0.1, 0.15) is 39.4 Å². The van der Waals surface area contributed by atoms with Crippen molar-refractivity contribution in [2.24, 2.45) is 16.7 Å². The average molecular weight is 283 g/mol. The molecule has 0 amide bonds. The van der Waals surface area contributed by atoms with Gasteiger partial charge in [0.25, 0.3) is 0 Å². The number of rotatable bonds is 5. The van der Waals surface area contributed by atoms with Gasteiger partial charge in [0, 0.05) is 18.2 Å². The second-order valence-corrected chi connectivity index (χ2v) is 6.84. The number of aliphatic hydroxyl groups excluding tert-OH is 1. The molecule has 112 valence electrons. The molecule has 1 aliphatic rings. The molecule has 0 aliphatic heterocycles. The summed E-state index contributed by atoms with van der Waals surface area (Å²) in [5, 5.41) is 13.1. The first kappa shape index (κ1) is 15.4. The Balaban J connectivity index is 1.86. The van der Waals surface area contributed by atoms with E-state index in [-0.39, 0.29) is 22.9 Å². The van der Waals surface area contributed by atoms with Gasteiger partial charge in [0.05, 0.1) is 6.10 Å². The van der Waals surface area contributed by atoms with Crippen molar-refractivity contribution in [2.75, 3.05) is 13.1 Å². The minimum atomic E-state index is -0.958. The van der Waals surface area contributed by atoms with Crippen LogP contribution in [0.5, 0.6) is 0 Å². The van der Waals surface area contributed by atoms with Crippen LogP contribution in [0.15, 0.2) is 18.2 Å². The Kier molecular flexibility index (Phi) is 3.91. The van der Waals surface area contributed by atoms with E-state index in [0.717, 1.165) is 18.7 Å². The molecular weight excluding hydrogens is 260 g/mol. The molecule has 4 heteroatoms. The van der Waals surface area contributed by atoms with Crippen LogP contribution in [-0.4, -0.2) is 18.2 Å². The van der Waals surface area contributed by atoms with Crippen LogP contribution >= 0.6 is 0 Å². The zero-order chi connectivity index (χ0) is 15.1. The molecule has 20 heavy (non-hydrogen) atoms. The zero-order valence-electron chi connectivity index (χ0n) is 12.5. The van der Waals surface area contributed by atoms with Crippen LogP contribution in [0.4, 0.5) is 8.78 Å². The van der Waals surface area contributed by atoms with Crippen molar-refractivity contribution in [1.82, 2.24) is 5.32 Å². The van der Waals surface area contributed by atoms with Crippen molar-refractivity contribution >= 4 is 0 Å². The number of aliphatic hydroxyl groups is 1. The van der Waals surface area contributed by atoms with Gasteiger partial charge in [-0.3, -0.25) is 0 Å². The van der Waals surface area contributed by atoms with E-state index in [1.165, 1.54) is 6.07 Å². The van der Waals surface area contributed by atoms with Crippen molar-refractivity contribution in [3.8, 4) is 0 Å². The Labute approximate surface area is 119 Å². The maximum atomic E-state index is 13.5. The Hall–Kier alpha value is -1.00. The molecule has 0 radical (unpaired) electrons. The van der Waals surface area contributed by atoms with Gasteiger partial charge in [-0.25, -0.2) is 8.78 Å². The predicted octanol–water partition coefficient (Wildman–Crippen LogP) is 3.27. The fourth-order valence-electron chi connectivity index (χ4n) is 3.09. The largest absolute Gasteiger partial charge is 0.387 e. The summed E-state index contributed by atoms with van der Waals surface area (Å²) in [5.74, 6) is -0.792. The van der Waals surface area contributed by atoms with Gasteiger partial charge in [-0.05, 0) is 29.4 Å². The number of halogens is 2. The van der Waals surface area contributed by atoms with Gasteiger partial charge in [0.1, 0.15) is 11.6 Å². The molecule has 2 nitrogen and oxygen atoms in total. The van der Waals surface area contributed by atoms with E-state index >= 15 is 0 Å². The van der Waals surface area contributed by atoms with E-state index < -0.39 is 17.7 Å².